The molecule has 8 fully saturated rings. The van der Waals surface area contributed by atoms with E-state index >= 15 is 0 Å². The van der Waals surface area contributed by atoms with Crippen LogP contribution in [0.5, 0.6) is 0 Å². The molecule has 9 amide bonds. The van der Waals surface area contributed by atoms with Crippen LogP contribution < -0.4 is 41.8 Å². The van der Waals surface area contributed by atoms with Crippen LogP contribution in [0.15, 0.2) is 86.0 Å². The average molecular weight is 1470 g/mol. The zero-order chi connectivity index (χ0) is 73.6. The van der Waals surface area contributed by atoms with Crippen LogP contribution in [0.2, 0.25) is 10.3 Å². The number of nitrogens with zero attached hydrogens (tertiary/aromatic N) is 4. The predicted molar refractivity (Wildman–Crippen MR) is 376 cm³/mol. The molecule has 10 N–H and O–H groups in total. The lowest BCUT2D eigenvalue weighted by molar-refractivity contribution is -0.144. The molecule has 27 nitrogen and oxygen atoms in total. The normalized spacial score (nSPS) is 25.1. The molecule has 2 aromatic heterocycles. The van der Waals surface area contributed by atoms with Crippen LogP contribution in [0.4, 0.5) is 0 Å². The first-order chi connectivity index (χ1) is 47.4. The number of nitrogens with one attached hydrogen (secondary N) is 7. The van der Waals surface area contributed by atoms with Gasteiger partial charge in [0.1, 0.15) is 45.6 Å². The number of halogens is 2. The van der Waals surface area contributed by atoms with Crippen molar-refractivity contribution in [2.24, 2.45) is 40.2 Å². The van der Waals surface area contributed by atoms with Gasteiger partial charge in [-0.15, -0.1) is 13.2 Å². The summed E-state index contributed by atoms with van der Waals surface area (Å²) >= 11 is 11.9. The third-order valence-corrected chi connectivity index (χ3v) is 23.7. The molecule has 2 aromatic carbocycles. The Labute approximate surface area is 596 Å². The minimum absolute atomic E-state index is 0.0101. The molecule has 4 unspecified atom stereocenters. The predicted octanol–water partition coefficient (Wildman–Crippen LogP) is 5.09. The number of para-hydroxylation sites is 2. The van der Waals surface area contributed by atoms with E-state index in [2.05, 4.69) is 59.2 Å². The number of nitrogens with two attached hydrogens (primary N) is 1. The number of carbonyl (C=O) groups is 10. The first kappa shape index (κ1) is 75.5. The van der Waals surface area contributed by atoms with Gasteiger partial charge in [-0.05, 0) is 124 Å². The van der Waals surface area contributed by atoms with Crippen molar-refractivity contribution in [3.8, 4) is 0 Å². The highest BCUT2D eigenvalue weighted by atomic mass is 35.5. The summed E-state index contributed by atoms with van der Waals surface area (Å²) in [6.45, 7) is 18.5. The van der Waals surface area contributed by atoms with Gasteiger partial charge in [-0.25, -0.2) is 31.6 Å². The largest absolute Gasteiger partial charge is 0.478 e. The number of likely N-dealkylation sites (tertiary alicyclic amines) is 2. The second-order valence-corrected chi connectivity index (χ2v) is 34.8. The Morgan fingerprint density at radius 1 is 0.614 bits per heavy atom. The summed E-state index contributed by atoms with van der Waals surface area (Å²) in [7, 11) is -7.70. The summed E-state index contributed by atoms with van der Waals surface area (Å²) in [6.07, 6.45) is 10.0. The minimum atomic E-state index is -3.90. The van der Waals surface area contributed by atoms with Crippen LogP contribution in [-0.2, 0) is 58.4 Å². The van der Waals surface area contributed by atoms with Crippen molar-refractivity contribution in [2.45, 2.75) is 189 Å². The van der Waals surface area contributed by atoms with Crippen LogP contribution in [0, 0.1) is 34.5 Å². The Morgan fingerprint density at radius 2 is 1.01 bits per heavy atom. The van der Waals surface area contributed by atoms with Gasteiger partial charge in [0.05, 0.1) is 32.7 Å². The average Bonchev–Trinajstić information content (AvgIpc) is 1.57. The van der Waals surface area contributed by atoms with Crippen molar-refractivity contribution in [1.29, 1.82) is 0 Å². The Balaban J connectivity index is 0.000000188. The molecular weight excluding hydrogens is 1380 g/mol. The molecule has 10 atom stereocenters. The number of pyridine rings is 2. The van der Waals surface area contributed by atoms with E-state index in [1.165, 1.54) is 34.1 Å². The second kappa shape index (κ2) is 29.3. The molecule has 2 aliphatic heterocycles. The Hall–Kier alpha value is -8.12. The first-order valence-electron chi connectivity index (χ1n) is 34.0. The first-order valence-corrected chi connectivity index (χ1v) is 37.8. The summed E-state index contributed by atoms with van der Waals surface area (Å²) in [5, 5.41) is 23.4. The van der Waals surface area contributed by atoms with E-state index in [9.17, 15) is 64.8 Å². The Bertz CT molecular complexity index is 4270. The van der Waals surface area contributed by atoms with Crippen molar-refractivity contribution in [3.05, 3.63) is 107 Å². The maximum Gasteiger partial charge on any atom is 0.336 e. The van der Waals surface area contributed by atoms with Crippen LogP contribution >= 0.6 is 23.2 Å². The number of rotatable bonds is 23. The van der Waals surface area contributed by atoms with E-state index < -0.39 is 148 Å². The smallest absolute Gasteiger partial charge is 0.336 e. The molecule has 6 aliphatic carbocycles. The monoisotopic (exact) mass is 1470 g/mol. The highest BCUT2D eigenvalue weighted by Crippen LogP contribution is 2.47. The standard InChI is InChI=1S/C35H43ClN6O7S.C25H39N5O6S.C10H6ClNO2/c1-5-20-17-35(20,33(47)41-50(48,49)22-12-13-22)40-31(45)26-15-21(37-30(44)24-16-27(36)38-25-9-7-6-8-23(24)25)18-42(26)32(46)29(34(2,3)4)39-28(43)14-19-10-11-19;1-5-15-12-25(15,23(34)29-37(35,36)17-8-9-17)28-21(32)18-11-16(26)13-30(18)22(33)20(24(2,3)4)27-19(31)10-14-6-7-14;11-9-5-7(10(13)14)6-3-1-2-4-8(6)12-9/h5-9,16,19-22,26,29H,1,10-15,17-18H2,2-4H3,(H,37,44)(H,39,43)(H,40,45)(H,41,47);5,14-18,20H,1,6-13,26H2,2-4H3,(H,27,31)(H,28,32)(H,29,34);1-5H,(H,13,14)/t20?,21-,26+,29-,35?;15?,16-,18+,20-,25?;/m11./s1. The van der Waals surface area contributed by atoms with Gasteiger partial charge in [-0.3, -0.25) is 52.6 Å². The van der Waals surface area contributed by atoms with E-state index in [0.29, 0.717) is 66.2 Å². The van der Waals surface area contributed by atoms with Gasteiger partial charge in [0, 0.05) is 60.6 Å². The van der Waals surface area contributed by atoms with Gasteiger partial charge < -0.3 is 47.2 Å². The molecule has 31 heteroatoms. The number of hydrogen-bond acceptors (Lipinski definition) is 17. The number of sulfonamides is 2. The van der Waals surface area contributed by atoms with Gasteiger partial charge in [0.15, 0.2) is 0 Å². The molecule has 2 saturated heterocycles. The molecule has 0 spiro atoms. The quantitative estimate of drug-likeness (QED) is 0.0345. The molecule has 8 aliphatic rings. The van der Waals surface area contributed by atoms with Crippen LogP contribution in [-0.4, -0.2) is 172 Å². The van der Waals surface area contributed by atoms with Crippen molar-refractivity contribution in [1.82, 2.24) is 55.8 Å². The number of aromatic carboxylic acids is 1. The third kappa shape index (κ3) is 17.9. The van der Waals surface area contributed by atoms with Gasteiger partial charge >= 0.3 is 5.97 Å². The van der Waals surface area contributed by atoms with E-state index in [1.807, 2.05) is 41.5 Å². The molecular formula is C70H88Cl2N12O15S2. The van der Waals surface area contributed by atoms with E-state index in [-0.39, 0.29) is 77.9 Å². The lowest BCUT2D eigenvalue weighted by atomic mass is 9.85. The summed E-state index contributed by atoms with van der Waals surface area (Å²) in [6, 6.07) is 11.7. The topological polar surface area (TPSA) is 402 Å². The maximum atomic E-state index is 14.4. The fourth-order valence-electron chi connectivity index (χ4n) is 13.0. The summed E-state index contributed by atoms with van der Waals surface area (Å²) in [5.74, 6) is -6.09. The van der Waals surface area contributed by atoms with Gasteiger partial charge in [0.25, 0.3) is 17.7 Å². The molecule has 4 heterocycles. The number of fused-ring (bicyclic) bond motifs is 2. The van der Waals surface area contributed by atoms with Crippen molar-refractivity contribution >= 4 is 124 Å². The van der Waals surface area contributed by atoms with Crippen LogP contribution in [0.25, 0.3) is 21.8 Å². The lowest BCUT2D eigenvalue weighted by Crippen LogP contribution is -2.60. The van der Waals surface area contributed by atoms with E-state index in [0.717, 1.165) is 25.7 Å². The maximum absolute atomic E-state index is 14.4. The fourth-order valence-corrected chi connectivity index (χ4v) is 16.1. The molecule has 6 saturated carbocycles. The number of carboxylic acid groups (broad SMARTS) is 1. The van der Waals surface area contributed by atoms with Crippen molar-refractivity contribution < 1.29 is 69.9 Å². The summed E-state index contributed by atoms with van der Waals surface area (Å²) in [5.41, 5.74) is 3.36. The molecule has 0 bridgehead atoms. The van der Waals surface area contributed by atoms with E-state index in [4.69, 9.17) is 34.0 Å². The Kier molecular flexibility index (Phi) is 21.9. The van der Waals surface area contributed by atoms with Gasteiger partial charge in [-0.1, -0.05) is 113 Å². The number of carbonyl (C=O) groups excluding carboxylic acids is 9. The van der Waals surface area contributed by atoms with Gasteiger partial charge in [0.2, 0.25) is 55.5 Å². The Morgan fingerprint density at radius 3 is 1.40 bits per heavy atom. The van der Waals surface area contributed by atoms with Gasteiger partial charge in [-0.2, -0.15) is 0 Å². The van der Waals surface area contributed by atoms with Crippen LogP contribution in [0.3, 0.4) is 0 Å². The van der Waals surface area contributed by atoms with Crippen molar-refractivity contribution in [2.75, 3.05) is 13.1 Å². The number of benzene rings is 2. The number of carboxylic acids is 1. The molecule has 4 aromatic rings. The highest BCUT2D eigenvalue weighted by molar-refractivity contribution is 7.91. The zero-order valence-electron chi connectivity index (χ0n) is 57.2. The summed E-state index contributed by atoms with van der Waals surface area (Å²) in [4.78, 5) is 143. The second-order valence-electron chi connectivity index (χ2n) is 30.1. The summed E-state index contributed by atoms with van der Waals surface area (Å²) < 4.78 is 54.2. The van der Waals surface area contributed by atoms with E-state index in [1.54, 1.807) is 48.5 Å². The highest BCUT2D eigenvalue weighted by Gasteiger charge is 2.63. The number of hydrogen-bond donors (Lipinski definition) is 9. The van der Waals surface area contributed by atoms with Crippen LogP contribution in [0.1, 0.15) is 152 Å². The molecule has 0 radical (unpaired) electrons. The minimum Gasteiger partial charge on any atom is -0.478 e. The molecule has 101 heavy (non-hydrogen) atoms. The van der Waals surface area contributed by atoms with Crippen molar-refractivity contribution in [3.63, 3.8) is 0 Å². The number of amides is 9. The fraction of sp³-hybridized carbons (Fsp3) is 0.543. The number of aromatic nitrogens is 2. The zero-order valence-corrected chi connectivity index (χ0v) is 60.3. The SMILES string of the molecule is C=CC1CC1(NC(=O)[C@@H]1C[C@@H](N)CN1C(=O)[C@@H](NC(=O)CC1CC1)C(C)(C)C)C(=O)NS(=O)(=O)C1CC1.C=CC1CC1(NC(=O)[C@@H]1C[C@@H](NC(=O)c2cc(Cl)nc3ccccc23)CN1C(=O)[C@@H](NC(=O)CC1CC1)C(C)(C)C)C(=O)NS(=O)(=O)C1CC1.O=C(O)c1cc(Cl)nc2ccccc12. The molecule has 544 valence electrons. The lowest BCUT2D eigenvalue weighted by Gasteiger charge is -2.35. The third-order valence-electron chi connectivity index (χ3n) is 19.7. The molecule has 12 rings (SSSR count).